The molecule has 1 aromatic carbocycles. The molecule has 1 saturated heterocycles. The summed E-state index contributed by atoms with van der Waals surface area (Å²) in [5, 5.41) is 0. The number of imidazole rings is 1. The molecule has 2 aromatic rings. The number of hydrogen-bond donors (Lipinski definition) is 1. The summed E-state index contributed by atoms with van der Waals surface area (Å²) in [7, 11) is 0. The summed E-state index contributed by atoms with van der Waals surface area (Å²) in [5.74, 6) is 0.623. The molecule has 0 bridgehead atoms. The highest BCUT2D eigenvalue weighted by Crippen LogP contribution is 2.33. The van der Waals surface area contributed by atoms with Gasteiger partial charge in [-0.1, -0.05) is 0 Å². The van der Waals surface area contributed by atoms with Crippen molar-refractivity contribution in [3.63, 3.8) is 0 Å². The van der Waals surface area contributed by atoms with Gasteiger partial charge in [0.25, 0.3) is 5.91 Å². The van der Waals surface area contributed by atoms with Crippen molar-refractivity contribution < 1.29 is 9.18 Å². The fourth-order valence-electron chi connectivity index (χ4n) is 3.86. The van der Waals surface area contributed by atoms with Crippen molar-refractivity contribution in [2.24, 2.45) is 0 Å². The molecular weight excluding hydrogens is 307 g/mol. The second kappa shape index (κ2) is 5.92. The van der Waals surface area contributed by atoms with Gasteiger partial charge >= 0.3 is 0 Å². The van der Waals surface area contributed by atoms with Crippen LogP contribution in [0, 0.1) is 12.7 Å². The number of aryl methyl sites for hydroxylation is 1. The number of H-pyrrole nitrogens is 1. The van der Waals surface area contributed by atoms with Crippen LogP contribution >= 0.6 is 0 Å². The molecule has 1 fully saturated rings. The van der Waals surface area contributed by atoms with Gasteiger partial charge in [-0.2, -0.15) is 0 Å². The Balaban J connectivity index is 1.41. The topological polar surface area (TPSA) is 52.2 Å². The maximum Gasteiger partial charge on any atom is 0.271 e. The molecule has 0 unspecified atom stereocenters. The molecule has 2 aliphatic rings. The van der Waals surface area contributed by atoms with Gasteiger partial charge in [-0.15, -0.1) is 0 Å². The Hall–Kier alpha value is -2.37. The molecular formula is C18H21FN4O. The van der Waals surface area contributed by atoms with E-state index in [1.54, 1.807) is 12.3 Å². The minimum absolute atomic E-state index is 0.0259. The zero-order valence-electron chi connectivity index (χ0n) is 13.8. The number of rotatable bonds is 2. The molecule has 1 amide bonds. The van der Waals surface area contributed by atoms with Crippen molar-refractivity contribution in [2.45, 2.75) is 32.2 Å². The number of nitrogens with one attached hydrogen (secondary N) is 1. The second-order valence-corrected chi connectivity index (χ2v) is 6.62. The van der Waals surface area contributed by atoms with Crippen molar-refractivity contribution in [2.75, 3.05) is 24.5 Å². The summed E-state index contributed by atoms with van der Waals surface area (Å²) in [5.41, 5.74) is 2.82. The van der Waals surface area contributed by atoms with E-state index in [-0.39, 0.29) is 11.7 Å². The molecule has 3 heterocycles. The first-order chi connectivity index (χ1) is 11.6. The SMILES string of the molecule is Cc1ncc(C(=O)N2CCC(N3CCc4cc(F)ccc43)CC2)[nH]1. The number of likely N-dealkylation sites (tertiary alicyclic amines) is 1. The molecule has 24 heavy (non-hydrogen) atoms. The number of fused-ring (bicyclic) bond motifs is 1. The summed E-state index contributed by atoms with van der Waals surface area (Å²) < 4.78 is 13.4. The largest absolute Gasteiger partial charge is 0.368 e. The molecule has 2 aliphatic heterocycles. The molecule has 0 atom stereocenters. The van der Waals surface area contributed by atoms with Gasteiger partial charge in [-0.25, -0.2) is 9.37 Å². The van der Waals surface area contributed by atoms with E-state index < -0.39 is 0 Å². The van der Waals surface area contributed by atoms with E-state index in [2.05, 4.69) is 14.9 Å². The van der Waals surface area contributed by atoms with Crippen LogP contribution in [0.3, 0.4) is 0 Å². The monoisotopic (exact) mass is 328 g/mol. The average molecular weight is 328 g/mol. The maximum atomic E-state index is 13.4. The quantitative estimate of drug-likeness (QED) is 0.922. The van der Waals surface area contributed by atoms with Crippen LogP contribution in [0.25, 0.3) is 0 Å². The van der Waals surface area contributed by atoms with Crippen LogP contribution in [-0.2, 0) is 6.42 Å². The summed E-state index contributed by atoms with van der Waals surface area (Å²) in [4.78, 5) is 23.9. The number of aromatic amines is 1. The number of piperidine rings is 1. The Bertz CT molecular complexity index is 764. The lowest BCUT2D eigenvalue weighted by atomic mass is 10.0. The fraction of sp³-hybridized carbons (Fsp3) is 0.444. The van der Waals surface area contributed by atoms with Gasteiger partial charge < -0.3 is 14.8 Å². The second-order valence-electron chi connectivity index (χ2n) is 6.62. The smallest absolute Gasteiger partial charge is 0.271 e. The zero-order chi connectivity index (χ0) is 16.7. The van der Waals surface area contributed by atoms with Gasteiger partial charge in [-0.05, 0) is 49.9 Å². The minimum Gasteiger partial charge on any atom is -0.368 e. The van der Waals surface area contributed by atoms with E-state index in [0.29, 0.717) is 11.7 Å². The van der Waals surface area contributed by atoms with Crippen LogP contribution in [-0.4, -0.2) is 46.5 Å². The standard InChI is InChI=1S/C18H21FN4O/c1-12-20-11-16(21-12)18(24)22-7-5-15(6-8-22)23-9-4-13-10-14(19)2-3-17(13)23/h2-3,10-11,15H,4-9H2,1H3,(H,20,21). The first-order valence-corrected chi connectivity index (χ1v) is 8.48. The summed E-state index contributed by atoms with van der Waals surface area (Å²) >= 11 is 0. The number of benzene rings is 1. The molecule has 0 radical (unpaired) electrons. The lowest BCUT2D eigenvalue weighted by molar-refractivity contribution is 0.0707. The maximum absolute atomic E-state index is 13.4. The molecule has 1 N–H and O–H groups in total. The Morgan fingerprint density at radius 1 is 1.29 bits per heavy atom. The zero-order valence-corrected chi connectivity index (χ0v) is 13.8. The highest BCUT2D eigenvalue weighted by atomic mass is 19.1. The van der Waals surface area contributed by atoms with Crippen molar-refractivity contribution in [1.29, 1.82) is 0 Å². The molecule has 0 spiro atoms. The van der Waals surface area contributed by atoms with E-state index in [0.717, 1.165) is 56.0 Å². The van der Waals surface area contributed by atoms with Crippen molar-refractivity contribution in [1.82, 2.24) is 14.9 Å². The minimum atomic E-state index is -0.161. The van der Waals surface area contributed by atoms with E-state index in [4.69, 9.17) is 0 Å². The Morgan fingerprint density at radius 3 is 2.79 bits per heavy atom. The van der Waals surface area contributed by atoms with Crippen molar-refractivity contribution in [3.05, 3.63) is 47.3 Å². The molecule has 1 aromatic heterocycles. The number of anilines is 1. The number of carbonyl (C=O) groups excluding carboxylic acids is 1. The highest BCUT2D eigenvalue weighted by molar-refractivity contribution is 5.92. The predicted octanol–water partition coefficient (Wildman–Crippen LogP) is 2.52. The number of carbonyl (C=O) groups is 1. The van der Waals surface area contributed by atoms with Gasteiger partial charge in [0.05, 0.1) is 6.20 Å². The van der Waals surface area contributed by atoms with Crippen molar-refractivity contribution in [3.8, 4) is 0 Å². The fourth-order valence-corrected chi connectivity index (χ4v) is 3.86. The van der Waals surface area contributed by atoms with Crippen LogP contribution in [0.1, 0.15) is 34.7 Å². The Morgan fingerprint density at radius 2 is 2.08 bits per heavy atom. The molecule has 0 saturated carbocycles. The average Bonchev–Trinajstić information content (AvgIpc) is 3.20. The van der Waals surface area contributed by atoms with Crippen LogP contribution in [0.2, 0.25) is 0 Å². The summed E-state index contributed by atoms with van der Waals surface area (Å²) in [6.45, 7) is 4.27. The molecule has 0 aliphatic carbocycles. The van der Waals surface area contributed by atoms with Gasteiger partial charge in [0.2, 0.25) is 0 Å². The number of hydrogen-bond acceptors (Lipinski definition) is 3. The number of aromatic nitrogens is 2. The van der Waals surface area contributed by atoms with Gasteiger partial charge in [-0.3, -0.25) is 4.79 Å². The third kappa shape index (κ3) is 2.66. The van der Waals surface area contributed by atoms with E-state index >= 15 is 0 Å². The third-order valence-corrected chi connectivity index (χ3v) is 5.10. The van der Waals surface area contributed by atoms with E-state index in [9.17, 15) is 9.18 Å². The number of halogens is 1. The third-order valence-electron chi connectivity index (χ3n) is 5.10. The van der Waals surface area contributed by atoms with Gasteiger partial charge in [0.15, 0.2) is 0 Å². The predicted molar refractivity (Wildman–Crippen MR) is 89.7 cm³/mol. The number of nitrogens with zero attached hydrogens (tertiary/aromatic N) is 3. The summed E-state index contributed by atoms with van der Waals surface area (Å²) in [6.07, 6.45) is 4.39. The van der Waals surface area contributed by atoms with Crippen LogP contribution in [0.4, 0.5) is 10.1 Å². The first-order valence-electron chi connectivity index (χ1n) is 8.48. The molecule has 126 valence electrons. The van der Waals surface area contributed by atoms with Gasteiger partial charge in [0, 0.05) is 31.4 Å². The Kier molecular flexibility index (Phi) is 3.75. The lowest BCUT2D eigenvalue weighted by Crippen LogP contribution is -2.46. The van der Waals surface area contributed by atoms with Crippen molar-refractivity contribution >= 4 is 11.6 Å². The van der Waals surface area contributed by atoms with Crippen LogP contribution in [0.15, 0.2) is 24.4 Å². The Labute approximate surface area is 140 Å². The van der Waals surface area contributed by atoms with Crippen LogP contribution < -0.4 is 4.90 Å². The number of amides is 1. The molecule has 5 nitrogen and oxygen atoms in total. The normalized spacial score (nSPS) is 18.1. The molecule has 6 heteroatoms. The van der Waals surface area contributed by atoms with Crippen LogP contribution in [0.5, 0.6) is 0 Å². The highest BCUT2D eigenvalue weighted by Gasteiger charge is 2.31. The van der Waals surface area contributed by atoms with Gasteiger partial charge in [0.1, 0.15) is 17.3 Å². The molecule has 4 rings (SSSR count). The first kappa shape index (κ1) is 15.2. The summed E-state index contributed by atoms with van der Waals surface area (Å²) in [6, 6.07) is 5.50. The lowest BCUT2D eigenvalue weighted by Gasteiger charge is -2.38. The van der Waals surface area contributed by atoms with E-state index in [1.165, 1.54) is 6.07 Å². The van der Waals surface area contributed by atoms with E-state index in [1.807, 2.05) is 17.9 Å².